The zero-order valence-electron chi connectivity index (χ0n) is 15.5. The first kappa shape index (κ1) is 20.5. The number of ether oxygens (including phenoxy) is 1. The van der Waals surface area contributed by atoms with Crippen LogP contribution in [0.15, 0.2) is 59.5 Å². The van der Waals surface area contributed by atoms with Crippen LogP contribution in [0, 0.1) is 0 Å². The van der Waals surface area contributed by atoms with Crippen molar-refractivity contribution >= 4 is 15.7 Å². The summed E-state index contributed by atoms with van der Waals surface area (Å²) in [5, 5.41) is 16.4. The van der Waals surface area contributed by atoms with Crippen LogP contribution in [0.4, 0.5) is 0 Å². The minimum Gasteiger partial charge on any atom is -0.389 e. The Kier molecular flexibility index (Phi) is 6.46. The smallest absolute Gasteiger partial charge is 0.251 e. The first-order valence-electron chi connectivity index (χ1n) is 9.00. The molecule has 28 heavy (non-hydrogen) atoms. The molecule has 0 radical (unpaired) electrons. The summed E-state index contributed by atoms with van der Waals surface area (Å²) in [4.78, 5) is 12.4. The molecule has 1 aliphatic rings. The molecule has 1 amide bonds. The van der Waals surface area contributed by atoms with Crippen LogP contribution in [0.25, 0.3) is 0 Å². The molecule has 0 spiro atoms. The van der Waals surface area contributed by atoms with E-state index in [1.807, 2.05) is 6.07 Å². The predicted octanol–water partition coefficient (Wildman–Crippen LogP) is 0.738. The van der Waals surface area contributed by atoms with Gasteiger partial charge in [0.1, 0.15) is 6.10 Å². The van der Waals surface area contributed by atoms with Crippen LogP contribution in [0.5, 0.6) is 0 Å². The monoisotopic (exact) mass is 404 g/mol. The molecule has 0 saturated carbocycles. The molecule has 3 rings (SSSR count). The Morgan fingerprint density at radius 1 is 1.14 bits per heavy atom. The van der Waals surface area contributed by atoms with Gasteiger partial charge in [-0.05, 0) is 29.8 Å². The molecule has 1 saturated heterocycles. The summed E-state index contributed by atoms with van der Waals surface area (Å²) >= 11 is 0. The SMILES string of the molecule is CS(=O)(=O)c1ccc(CNC2COC(CNC(=O)c3ccccc3)C2O)cc1. The lowest BCUT2D eigenvalue weighted by Crippen LogP contribution is -2.44. The van der Waals surface area contributed by atoms with Crippen LogP contribution in [0.1, 0.15) is 15.9 Å². The van der Waals surface area contributed by atoms with Crippen molar-refractivity contribution in [3.63, 3.8) is 0 Å². The highest BCUT2D eigenvalue weighted by molar-refractivity contribution is 7.90. The van der Waals surface area contributed by atoms with Crippen LogP contribution in [-0.2, 0) is 21.1 Å². The highest BCUT2D eigenvalue weighted by atomic mass is 32.2. The molecule has 3 unspecified atom stereocenters. The van der Waals surface area contributed by atoms with E-state index in [9.17, 15) is 18.3 Å². The Morgan fingerprint density at radius 2 is 1.82 bits per heavy atom. The highest BCUT2D eigenvalue weighted by Crippen LogP contribution is 2.16. The number of carbonyl (C=O) groups is 1. The van der Waals surface area contributed by atoms with Crippen LogP contribution >= 0.6 is 0 Å². The number of hydrogen-bond donors (Lipinski definition) is 3. The summed E-state index contributed by atoms with van der Waals surface area (Å²) in [7, 11) is -3.21. The van der Waals surface area contributed by atoms with E-state index in [0.717, 1.165) is 5.56 Å². The number of benzene rings is 2. The predicted molar refractivity (Wildman–Crippen MR) is 105 cm³/mol. The van der Waals surface area contributed by atoms with Crippen LogP contribution < -0.4 is 10.6 Å². The summed E-state index contributed by atoms with van der Waals surface area (Å²) in [6, 6.07) is 15.2. The van der Waals surface area contributed by atoms with E-state index >= 15 is 0 Å². The zero-order chi connectivity index (χ0) is 20.1. The fourth-order valence-corrected chi connectivity index (χ4v) is 3.66. The first-order valence-corrected chi connectivity index (χ1v) is 10.9. The lowest BCUT2D eigenvalue weighted by Gasteiger charge is -2.19. The van der Waals surface area contributed by atoms with Gasteiger partial charge in [-0.1, -0.05) is 30.3 Å². The second-order valence-electron chi connectivity index (χ2n) is 6.84. The van der Waals surface area contributed by atoms with E-state index in [4.69, 9.17) is 4.74 Å². The maximum atomic E-state index is 12.1. The largest absolute Gasteiger partial charge is 0.389 e. The minimum absolute atomic E-state index is 0.209. The standard InChI is InChI=1S/C20H24N2O5S/c1-28(25,26)16-9-7-14(8-10-16)11-21-17-13-27-18(19(17)23)12-22-20(24)15-5-3-2-4-6-15/h2-10,17-19,21,23H,11-13H2,1H3,(H,22,24). The van der Waals surface area contributed by atoms with Crippen molar-refractivity contribution in [2.24, 2.45) is 0 Å². The van der Waals surface area contributed by atoms with Crippen molar-refractivity contribution in [1.82, 2.24) is 10.6 Å². The fraction of sp³-hybridized carbons (Fsp3) is 0.350. The average Bonchev–Trinajstić information content (AvgIpc) is 3.04. The van der Waals surface area contributed by atoms with Crippen molar-refractivity contribution < 1.29 is 23.1 Å². The Labute approximate surface area is 164 Å². The maximum Gasteiger partial charge on any atom is 0.251 e. The van der Waals surface area contributed by atoms with E-state index in [-0.39, 0.29) is 23.4 Å². The van der Waals surface area contributed by atoms with Gasteiger partial charge in [0.15, 0.2) is 9.84 Å². The lowest BCUT2D eigenvalue weighted by atomic mass is 10.1. The number of aliphatic hydroxyl groups is 1. The normalized spacial score (nSPS) is 22.1. The number of sulfone groups is 1. The van der Waals surface area contributed by atoms with Crippen LogP contribution in [-0.4, -0.2) is 57.1 Å². The van der Waals surface area contributed by atoms with Crippen molar-refractivity contribution in [2.75, 3.05) is 19.4 Å². The molecule has 2 aromatic rings. The molecule has 7 nitrogen and oxygen atoms in total. The lowest BCUT2D eigenvalue weighted by molar-refractivity contribution is 0.0398. The fourth-order valence-electron chi connectivity index (χ4n) is 3.03. The third kappa shape index (κ3) is 5.17. The van der Waals surface area contributed by atoms with E-state index in [0.29, 0.717) is 18.7 Å². The number of hydrogen-bond acceptors (Lipinski definition) is 6. The molecular weight excluding hydrogens is 380 g/mol. The number of aliphatic hydroxyl groups excluding tert-OH is 1. The third-order valence-electron chi connectivity index (χ3n) is 4.70. The number of rotatable bonds is 7. The molecule has 0 aliphatic carbocycles. The highest BCUT2D eigenvalue weighted by Gasteiger charge is 2.35. The van der Waals surface area contributed by atoms with Crippen molar-refractivity contribution in [3.05, 3.63) is 65.7 Å². The Morgan fingerprint density at radius 3 is 2.46 bits per heavy atom. The molecule has 1 heterocycles. The first-order chi connectivity index (χ1) is 13.3. The van der Waals surface area contributed by atoms with Crippen LogP contribution in [0.3, 0.4) is 0 Å². The van der Waals surface area contributed by atoms with Gasteiger partial charge in [-0.15, -0.1) is 0 Å². The molecule has 3 N–H and O–H groups in total. The molecular formula is C20H24N2O5S. The van der Waals surface area contributed by atoms with Gasteiger partial charge < -0.3 is 20.5 Å². The topological polar surface area (TPSA) is 105 Å². The summed E-state index contributed by atoms with van der Waals surface area (Å²) in [5.74, 6) is -0.209. The van der Waals surface area contributed by atoms with Crippen molar-refractivity contribution in [3.8, 4) is 0 Å². The Balaban J connectivity index is 1.47. The Bertz CT molecular complexity index is 900. The van der Waals surface area contributed by atoms with E-state index in [1.165, 1.54) is 6.26 Å². The molecule has 150 valence electrons. The molecule has 8 heteroatoms. The van der Waals surface area contributed by atoms with E-state index in [1.54, 1.807) is 48.5 Å². The molecule has 0 aromatic heterocycles. The molecule has 3 atom stereocenters. The second-order valence-corrected chi connectivity index (χ2v) is 8.86. The quantitative estimate of drug-likeness (QED) is 0.629. The summed E-state index contributed by atoms with van der Waals surface area (Å²) < 4.78 is 28.6. The van der Waals surface area contributed by atoms with Crippen molar-refractivity contribution in [1.29, 1.82) is 0 Å². The molecule has 2 aromatic carbocycles. The van der Waals surface area contributed by atoms with Gasteiger partial charge in [-0.25, -0.2) is 8.42 Å². The summed E-state index contributed by atoms with van der Waals surface area (Å²) in [5.41, 5.74) is 1.46. The van der Waals surface area contributed by atoms with Gasteiger partial charge >= 0.3 is 0 Å². The summed E-state index contributed by atoms with van der Waals surface area (Å²) in [6.07, 6.45) is -0.0763. The number of carbonyl (C=O) groups excluding carboxylic acids is 1. The summed E-state index contributed by atoms with van der Waals surface area (Å²) in [6.45, 7) is 1.02. The molecule has 1 fully saturated rings. The zero-order valence-corrected chi connectivity index (χ0v) is 16.4. The molecule has 0 bridgehead atoms. The maximum absolute atomic E-state index is 12.1. The van der Waals surface area contributed by atoms with E-state index in [2.05, 4.69) is 10.6 Å². The van der Waals surface area contributed by atoms with Crippen LogP contribution in [0.2, 0.25) is 0 Å². The Hall–Kier alpha value is -2.26. The van der Waals surface area contributed by atoms with Gasteiger partial charge in [-0.3, -0.25) is 4.79 Å². The van der Waals surface area contributed by atoms with Crippen molar-refractivity contribution in [2.45, 2.75) is 29.7 Å². The number of nitrogens with one attached hydrogen (secondary N) is 2. The van der Waals surface area contributed by atoms with Gasteiger partial charge in [0.2, 0.25) is 0 Å². The number of amides is 1. The van der Waals surface area contributed by atoms with Gasteiger partial charge in [-0.2, -0.15) is 0 Å². The average molecular weight is 404 g/mol. The molecule has 1 aliphatic heterocycles. The third-order valence-corrected chi connectivity index (χ3v) is 5.83. The second kappa shape index (κ2) is 8.83. The van der Waals surface area contributed by atoms with Gasteiger partial charge in [0.25, 0.3) is 5.91 Å². The van der Waals surface area contributed by atoms with Gasteiger partial charge in [0.05, 0.1) is 23.6 Å². The minimum atomic E-state index is -3.21. The van der Waals surface area contributed by atoms with E-state index < -0.39 is 22.0 Å². The van der Waals surface area contributed by atoms with Gasteiger partial charge in [0, 0.05) is 24.9 Å².